The number of ketones is 1. The highest BCUT2D eigenvalue weighted by molar-refractivity contribution is 7.97. The van der Waals surface area contributed by atoms with Crippen molar-refractivity contribution in [2.75, 3.05) is 39.2 Å². The number of rotatable bonds is 10. The molecule has 1 aliphatic carbocycles. The number of nitrogens with zero attached hydrogens (tertiary/aromatic N) is 2. The zero-order valence-corrected chi connectivity index (χ0v) is 19.7. The average Bonchev–Trinajstić information content (AvgIpc) is 3.11. The molecule has 0 bridgehead atoms. The van der Waals surface area contributed by atoms with Crippen molar-refractivity contribution in [2.24, 2.45) is 4.40 Å². The van der Waals surface area contributed by atoms with Crippen molar-refractivity contribution in [1.29, 1.82) is 0 Å². The van der Waals surface area contributed by atoms with Gasteiger partial charge < -0.3 is 19.1 Å². The first-order valence-corrected chi connectivity index (χ1v) is 11.8. The summed E-state index contributed by atoms with van der Waals surface area (Å²) in [6, 6.07) is 4.74. The van der Waals surface area contributed by atoms with Crippen LogP contribution in [0.15, 0.2) is 51.5 Å². The number of carbonyl (C=O) groups is 3. The number of ether oxygens (including phenoxy) is 3. The lowest BCUT2D eigenvalue weighted by Crippen LogP contribution is -2.32. The van der Waals surface area contributed by atoms with Crippen LogP contribution in [0, 0.1) is 0 Å². The predicted molar refractivity (Wildman–Crippen MR) is 126 cm³/mol. The lowest BCUT2D eigenvalue weighted by atomic mass is 9.97. The van der Waals surface area contributed by atoms with Crippen LogP contribution in [-0.2, 0) is 14.3 Å². The van der Waals surface area contributed by atoms with E-state index in [0.29, 0.717) is 42.2 Å². The zero-order valence-electron chi connectivity index (χ0n) is 18.9. The van der Waals surface area contributed by atoms with Gasteiger partial charge >= 0.3 is 5.97 Å². The molecule has 1 heterocycles. The van der Waals surface area contributed by atoms with E-state index >= 15 is 0 Å². The standard InChI is InChI=1S/C24H26N2O6S/c1-4-30-22-11-18(32-15-23(28)31-5-2)7-9-20(22)21(27)14-26-13-17-10-16(12-25-33-3)6-8-19(17)24(26)29/h6-9,11H,4-5,10,13-15H2,1-3H3. The number of hydrogen-bond acceptors (Lipinski definition) is 8. The van der Waals surface area contributed by atoms with E-state index < -0.39 is 5.97 Å². The van der Waals surface area contributed by atoms with Gasteiger partial charge in [-0.15, -0.1) is 0 Å². The molecule has 3 rings (SSSR count). The Bertz CT molecular complexity index is 1070. The summed E-state index contributed by atoms with van der Waals surface area (Å²) in [6.07, 6.45) is 6.05. The second-order valence-electron chi connectivity index (χ2n) is 7.21. The molecule has 2 aliphatic rings. The van der Waals surface area contributed by atoms with Gasteiger partial charge in [0.1, 0.15) is 11.5 Å². The van der Waals surface area contributed by atoms with Crippen molar-refractivity contribution in [3.63, 3.8) is 0 Å². The summed E-state index contributed by atoms with van der Waals surface area (Å²) in [5, 5.41) is 0. The molecule has 174 valence electrons. The third kappa shape index (κ3) is 6.15. The van der Waals surface area contributed by atoms with Crippen molar-refractivity contribution in [3.05, 3.63) is 52.6 Å². The molecule has 0 fully saturated rings. The smallest absolute Gasteiger partial charge is 0.344 e. The van der Waals surface area contributed by atoms with Gasteiger partial charge in [-0.05, 0) is 61.5 Å². The van der Waals surface area contributed by atoms with E-state index in [1.807, 2.05) is 12.3 Å². The quantitative estimate of drug-likeness (QED) is 0.224. The monoisotopic (exact) mass is 470 g/mol. The molecule has 0 N–H and O–H groups in total. The molecular weight excluding hydrogens is 444 g/mol. The Kier molecular flexibility index (Phi) is 8.52. The van der Waals surface area contributed by atoms with Crippen LogP contribution in [0.25, 0.3) is 0 Å². The Balaban J connectivity index is 1.69. The molecule has 0 radical (unpaired) electrons. The van der Waals surface area contributed by atoms with Crippen LogP contribution in [0.2, 0.25) is 0 Å². The summed E-state index contributed by atoms with van der Waals surface area (Å²) in [6.45, 7) is 4.22. The minimum absolute atomic E-state index is 0.0687. The van der Waals surface area contributed by atoms with E-state index in [9.17, 15) is 14.4 Å². The van der Waals surface area contributed by atoms with Gasteiger partial charge in [0.05, 0.1) is 25.3 Å². The molecule has 0 saturated heterocycles. The summed E-state index contributed by atoms with van der Waals surface area (Å²) >= 11 is 1.32. The maximum Gasteiger partial charge on any atom is 0.344 e. The van der Waals surface area contributed by atoms with Crippen LogP contribution >= 0.6 is 11.9 Å². The largest absolute Gasteiger partial charge is 0.493 e. The van der Waals surface area contributed by atoms with Crippen molar-refractivity contribution in [2.45, 2.75) is 20.3 Å². The third-order valence-corrected chi connectivity index (χ3v) is 5.24. The first-order valence-electron chi connectivity index (χ1n) is 10.6. The Morgan fingerprint density at radius 3 is 2.73 bits per heavy atom. The molecule has 33 heavy (non-hydrogen) atoms. The highest BCUT2D eigenvalue weighted by atomic mass is 32.2. The van der Waals surface area contributed by atoms with Crippen LogP contribution in [0.5, 0.6) is 11.5 Å². The Morgan fingerprint density at radius 1 is 1.18 bits per heavy atom. The van der Waals surface area contributed by atoms with Crippen LogP contribution < -0.4 is 9.47 Å². The SMILES string of the molecule is CCOC(=O)COc1ccc(C(=O)CN2CC3=C(C=CC(=C=NSC)C3)C2=O)c(OCC)c1. The molecule has 1 aromatic carbocycles. The van der Waals surface area contributed by atoms with Crippen LogP contribution in [0.3, 0.4) is 0 Å². The minimum atomic E-state index is -0.480. The summed E-state index contributed by atoms with van der Waals surface area (Å²) in [4.78, 5) is 38.9. The maximum absolute atomic E-state index is 13.1. The fourth-order valence-corrected chi connectivity index (χ4v) is 3.74. The van der Waals surface area contributed by atoms with Crippen molar-refractivity contribution >= 4 is 35.5 Å². The first-order chi connectivity index (χ1) is 16.0. The summed E-state index contributed by atoms with van der Waals surface area (Å²) in [5.41, 5.74) is 2.84. The predicted octanol–water partition coefficient (Wildman–Crippen LogP) is 3.18. The van der Waals surface area contributed by atoms with Crippen LogP contribution in [-0.4, -0.2) is 67.6 Å². The van der Waals surface area contributed by atoms with Crippen LogP contribution in [0.4, 0.5) is 0 Å². The van der Waals surface area contributed by atoms with E-state index in [0.717, 1.165) is 11.1 Å². The normalized spacial score (nSPS) is 14.7. The molecule has 0 saturated carbocycles. The molecule has 1 amide bonds. The van der Waals surface area contributed by atoms with Gasteiger partial charge in [0.2, 0.25) is 0 Å². The zero-order chi connectivity index (χ0) is 23.8. The fraction of sp³-hybridized carbons (Fsp3) is 0.375. The number of carbonyl (C=O) groups excluding carboxylic acids is 3. The van der Waals surface area contributed by atoms with Gasteiger partial charge in [-0.25, -0.2) is 4.79 Å². The van der Waals surface area contributed by atoms with E-state index in [2.05, 4.69) is 10.3 Å². The van der Waals surface area contributed by atoms with E-state index in [4.69, 9.17) is 14.2 Å². The lowest BCUT2D eigenvalue weighted by molar-refractivity contribution is -0.145. The summed E-state index contributed by atoms with van der Waals surface area (Å²) in [5.74, 6) is 2.80. The Morgan fingerprint density at radius 2 is 2.00 bits per heavy atom. The minimum Gasteiger partial charge on any atom is -0.493 e. The van der Waals surface area contributed by atoms with Crippen molar-refractivity contribution < 1.29 is 28.6 Å². The molecule has 1 aromatic rings. The molecular formula is C24H26N2O6S. The highest BCUT2D eigenvalue weighted by Crippen LogP contribution is 2.31. The number of amides is 1. The van der Waals surface area contributed by atoms with Crippen molar-refractivity contribution in [1.82, 2.24) is 4.90 Å². The summed E-state index contributed by atoms with van der Waals surface area (Å²) < 4.78 is 20.0. The Hall–Kier alpha value is -3.29. The number of allylic oxidation sites excluding steroid dienone is 2. The third-order valence-electron chi connectivity index (χ3n) is 4.97. The topological polar surface area (TPSA) is 94.5 Å². The van der Waals surface area contributed by atoms with E-state index in [1.165, 1.54) is 16.8 Å². The fourth-order valence-electron chi connectivity index (χ4n) is 3.53. The van der Waals surface area contributed by atoms with Gasteiger partial charge in [0.15, 0.2) is 12.4 Å². The molecule has 0 aromatic heterocycles. The van der Waals surface area contributed by atoms with E-state index in [1.54, 1.807) is 38.1 Å². The number of Topliss-reactive ketones (excluding diaryl/α,β-unsaturated/α-hetero) is 1. The molecule has 8 nitrogen and oxygen atoms in total. The van der Waals surface area contributed by atoms with E-state index in [-0.39, 0.29) is 31.4 Å². The molecule has 1 aliphatic heterocycles. The average molecular weight is 471 g/mol. The van der Waals surface area contributed by atoms with Gasteiger partial charge in [-0.1, -0.05) is 0 Å². The summed E-state index contributed by atoms with van der Waals surface area (Å²) in [7, 11) is 0. The lowest BCUT2D eigenvalue weighted by Gasteiger charge is -2.17. The molecule has 9 heteroatoms. The second-order valence-corrected chi connectivity index (χ2v) is 7.76. The van der Waals surface area contributed by atoms with Gasteiger partial charge in [0, 0.05) is 36.4 Å². The number of benzene rings is 1. The number of esters is 1. The van der Waals surface area contributed by atoms with Gasteiger partial charge in [-0.3, -0.25) is 9.59 Å². The number of hydrogen-bond donors (Lipinski definition) is 0. The maximum atomic E-state index is 13.1. The highest BCUT2D eigenvalue weighted by Gasteiger charge is 2.32. The van der Waals surface area contributed by atoms with Gasteiger partial charge in [0.25, 0.3) is 5.91 Å². The Labute approximate surface area is 197 Å². The van der Waals surface area contributed by atoms with Crippen LogP contribution in [0.1, 0.15) is 30.6 Å². The first kappa shape index (κ1) is 24.4. The second kappa shape index (κ2) is 11.5. The molecule has 0 atom stereocenters. The molecule has 0 unspecified atom stereocenters. The van der Waals surface area contributed by atoms with Gasteiger partial charge in [-0.2, -0.15) is 4.40 Å². The van der Waals surface area contributed by atoms with Crippen molar-refractivity contribution in [3.8, 4) is 11.5 Å². The molecule has 0 spiro atoms.